The third-order valence-electron chi connectivity index (χ3n) is 4.02. The molecule has 1 aromatic carbocycles. The maximum atomic E-state index is 12.8. The van der Waals surface area contributed by atoms with Gasteiger partial charge in [0.05, 0.1) is 13.2 Å². The van der Waals surface area contributed by atoms with Gasteiger partial charge in [0.1, 0.15) is 23.5 Å². The van der Waals surface area contributed by atoms with Gasteiger partial charge in [-0.3, -0.25) is 10.00 Å². The van der Waals surface area contributed by atoms with Crippen molar-refractivity contribution in [3.8, 4) is 5.75 Å². The molecule has 1 aliphatic rings. The Morgan fingerprint density at radius 3 is 2.96 bits per heavy atom. The molecule has 1 N–H and O–H groups in total. The van der Waals surface area contributed by atoms with E-state index in [0.717, 1.165) is 44.1 Å². The van der Waals surface area contributed by atoms with Crippen LogP contribution >= 0.6 is 0 Å². The summed E-state index contributed by atoms with van der Waals surface area (Å²) >= 11 is 0. The van der Waals surface area contributed by atoms with Crippen LogP contribution in [-0.4, -0.2) is 52.9 Å². The Hall–Kier alpha value is -1.99. The van der Waals surface area contributed by atoms with Crippen molar-refractivity contribution in [2.24, 2.45) is 0 Å². The highest BCUT2D eigenvalue weighted by Crippen LogP contribution is 2.19. The predicted octanol–water partition coefficient (Wildman–Crippen LogP) is 2.35. The standard InChI is InChI=1S/C17H23FN4O2/c1-2-16-19-17(21-20-16)15-12-22(9-11-24-15)8-3-10-23-14-6-4-13(18)5-7-14/h4-7,15H,2-3,8-12H2,1H3,(H,19,20,21). The van der Waals surface area contributed by atoms with E-state index < -0.39 is 0 Å². The largest absolute Gasteiger partial charge is 0.494 e. The van der Waals surface area contributed by atoms with E-state index in [4.69, 9.17) is 9.47 Å². The van der Waals surface area contributed by atoms with Gasteiger partial charge in [0, 0.05) is 26.1 Å². The van der Waals surface area contributed by atoms with Gasteiger partial charge in [-0.25, -0.2) is 9.37 Å². The topological polar surface area (TPSA) is 63.3 Å². The first-order valence-electron chi connectivity index (χ1n) is 8.38. The molecule has 1 aliphatic heterocycles. The fourth-order valence-corrected chi connectivity index (χ4v) is 2.68. The molecule has 2 heterocycles. The summed E-state index contributed by atoms with van der Waals surface area (Å²) in [5, 5.41) is 7.18. The minimum Gasteiger partial charge on any atom is -0.494 e. The lowest BCUT2D eigenvalue weighted by Crippen LogP contribution is -2.39. The van der Waals surface area contributed by atoms with Gasteiger partial charge in [-0.2, -0.15) is 5.10 Å². The lowest BCUT2D eigenvalue weighted by Gasteiger charge is -2.31. The number of rotatable bonds is 7. The Morgan fingerprint density at radius 2 is 2.21 bits per heavy atom. The Kier molecular flexibility index (Phi) is 5.77. The van der Waals surface area contributed by atoms with Crippen LogP contribution in [0.2, 0.25) is 0 Å². The maximum absolute atomic E-state index is 12.8. The van der Waals surface area contributed by atoms with E-state index in [0.29, 0.717) is 19.0 Å². The van der Waals surface area contributed by atoms with Crippen LogP contribution in [0.4, 0.5) is 4.39 Å². The quantitative estimate of drug-likeness (QED) is 0.788. The number of hydrogen-bond donors (Lipinski definition) is 1. The summed E-state index contributed by atoms with van der Waals surface area (Å²) < 4.78 is 24.2. The Balaban J connectivity index is 1.41. The Morgan fingerprint density at radius 1 is 1.38 bits per heavy atom. The summed E-state index contributed by atoms with van der Waals surface area (Å²) in [4.78, 5) is 6.79. The Bertz CT molecular complexity index is 632. The van der Waals surface area contributed by atoms with Gasteiger partial charge in [-0.05, 0) is 30.7 Å². The second-order valence-corrected chi connectivity index (χ2v) is 5.81. The fraction of sp³-hybridized carbons (Fsp3) is 0.529. The number of ether oxygens (including phenoxy) is 2. The van der Waals surface area contributed by atoms with Crippen LogP contribution in [0, 0.1) is 5.82 Å². The molecule has 0 spiro atoms. The Labute approximate surface area is 141 Å². The van der Waals surface area contributed by atoms with Gasteiger partial charge in [-0.1, -0.05) is 6.92 Å². The van der Waals surface area contributed by atoms with Crippen molar-refractivity contribution in [2.45, 2.75) is 25.9 Å². The van der Waals surface area contributed by atoms with Gasteiger partial charge in [0.15, 0.2) is 5.82 Å². The molecule has 6 nitrogen and oxygen atoms in total. The van der Waals surface area contributed by atoms with Crippen molar-refractivity contribution in [1.29, 1.82) is 0 Å². The summed E-state index contributed by atoms with van der Waals surface area (Å²) in [6.45, 7) is 5.94. The second kappa shape index (κ2) is 8.21. The summed E-state index contributed by atoms with van der Waals surface area (Å²) in [6.07, 6.45) is 1.66. The van der Waals surface area contributed by atoms with Gasteiger partial charge in [0.2, 0.25) is 0 Å². The average molecular weight is 334 g/mol. The van der Waals surface area contributed by atoms with E-state index in [2.05, 4.69) is 20.1 Å². The van der Waals surface area contributed by atoms with Crippen molar-refractivity contribution in [3.05, 3.63) is 41.7 Å². The monoisotopic (exact) mass is 334 g/mol. The van der Waals surface area contributed by atoms with Crippen LogP contribution in [0.15, 0.2) is 24.3 Å². The molecule has 1 fully saturated rings. The van der Waals surface area contributed by atoms with E-state index >= 15 is 0 Å². The molecule has 1 atom stereocenters. The molecule has 7 heteroatoms. The third-order valence-corrected chi connectivity index (χ3v) is 4.02. The van der Waals surface area contributed by atoms with Crippen molar-refractivity contribution in [1.82, 2.24) is 20.1 Å². The minimum absolute atomic E-state index is 0.0756. The highest BCUT2D eigenvalue weighted by atomic mass is 19.1. The first kappa shape index (κ1) is 16.9. The first-order chi connectivity index (χ1) is 11.7. The van der Waals surface area contributed by atoms with Crippen molar-refractivity contribution >= 4 is 0 Å². The number of hydrogen-bond acceptors (Lipinski definition) is 5. The number of nitrogens with zero attached hydrogens (tertiary/aromatic N) is 3. The molecule has 0 aliphatic carbocycles. The zero-order chi connectivity index (χ0) is 16.8. The SMILES string of the molecule is CCc1nc(C2CN(CCCOc3ccc(F)cc3)CCO2)n[nH]1. The third kappa shape index (κ3) is 4.52. The normalized spacial score (nSPS) is 18.7. The van der Waals surface area contributed by atoms with E-state index in [-0.39, 0.29) is 11.9 Å². The summed E-state index contributed by atoms with van der Waals surface area (Å²) in [5.41, 5.74) is 0. The highest BCUT2D eigenvalue weighted by Gasteiger charge is 2.24. The molecule has 0 radical (unpaired) electrons. The van der Waals surface area contributed by atoms with Crippen LogP contribution in [0.25, 0.3) is 0 Å². The van der Waals surface area contributed by atoms with Gasteiger partial charge >= 0.3 is 0 Å². The molecule has 24 heavy (non-hydrogen) atoms. The number of aromatic amines is 1. The number of nitrogens with one attached hydrogen (secondary N) is 1. The molecule has 130 valence electrons. The van der Waals surface area contributed by atoms with E-state index in [9.17, 15) is 4.39 Å². The average Bonchev–Trinajstić information content (AvgIpc) is 3.10. The lowest BCUT2D eigenvalue weighted by atomic mass is 10.2. The van der Waals surface area contributed by atoms with Gasteiger partial charge in [-0.15, -0.1) is 0 Å². The zero-order valence-corrected chi connectivity index (χ0v) is 13.9. The number of morpholine rings is 1. The summed E-state index contributed by atoms with van der Waals surface area (Å²) in [5.74, 6) is 2.07. The number of halogens is 1. The highest BCUT2D eigenvalue weighted by molar-refractivity contribution is 5.21. The molecule has 1 aromatic heterocycles. The van der Waals surface area contributed by atoms with Crippen LogP contribution in [0.1, 0.15) is 31.1 Å². The molecule has 2 aromatic rings. The van der Waals surface area contributed by atoms with Gasteiger partial charge < -0.3 is 9.47 Å². The molecule has 0 saturated carbocycles. The maximum Gasteiger partial charge on any atom is 0.180 e. The molecule has 0 bridgehead atoms. The first-order valence-corrected chi connectivity index (χ1v) is 8.38. The van der Waals surface area contributed by atoms with Crippen molar-refractivity contribution < 1.29 is 13.9 Å². The number of aromatic nitrogens is 3. The van der Waals surface area contributed by atoms with Crippen LogP contribution in [0.3, 0.4) is 0 Å². The van der Waals surface area contributed by atoms with E-state index in [1.165, 1.54) is 12.1 Å². The van der Waals surface area contributed by atoms with E-state index in [1.807, 2.05) is 6.92 Å². The van der Waals surface area contributed by atoms with Gasteiger partial charge in [0.25, 0.3) is 0 Å². The number of H-pyrrole nitrogens is 1. The smallest absolute Gasteiger partial charge is 0.180 e. The van der Waals surface area contributed by atoms with Crippen LogP contribution in [-0.2, 0) is 11.2 Å². The number of benzene rings is 1. The van der Waals surface area contributed by atoms with Crippen LogP contribution in [0.5, 0.6) is 5.75 Å². The molecule has 0 amide bonds. The minimum atomic E-state index is -0.250. The lowest BCUT2D eigenvalue weighted by molar-refractivity contribution is -0.0351. The molecular weight excluding hydrogens is 311 g/mol. The molecular formula is C17H23FN4O2. The fourth-order valence-electron chi connectivity index (χ4n) is 2.68. The predicted molar refractivity (Wildman–Crippen MR) is 87.4 cm³/mol. The summed E-state index contributed by atoms with van der Waals surface area (Å²) in [6, 6.07) is 6.11. The van der Waals surface area contributed by atoms with Crippen LogP contribution < -0.4 is 4.74 Å². The van der Waals surface area contributed by atoms with E-state index in [1.54, 1.807) is 12.1 Å². The van der Waals surface area contributed by atoms with Crippen molar-refractivity contribution in [3.63, 3.8) is 0 Å². The summed E-state index contributed by atoms with van der Waals surface area (Å²) in [7, 11) is 0. The second-order valence-electron chi connectivity index (χ2n) is 5.81. The van der Waals surface area contributed by atoms with Crippen molar-refractivity contribution in [2.75, 3.05) is 32.8 Å². The zero-order valence-electron chi connectivity index (χ0n) is 13.9. The molecule has 1 saturated heterocycles. The molecule has 3 rings (SSSR count). The number of aryl methyl sites for hydroxylation is 1. The molecule has 1 unspecified atom stereocenters.